The normalized spacial score (nSPS) is 17.5. The van der Waals surface area contributed by atoms with Gasteiger partial charge in [-0.2, -0.15) is 0 Å². The van der Waals surface area contributed by atoms with Crippen LogP contribution in [-0.2, 0) is 16.1 Å². The summed E-state index contributed by atoms with van der Waals surface area (Å²) in [6, 6.07) is 7.15. The largest absolute Gasteiger partial charge is 0.368 e. The molecule has 1 aliphatic rings. The Morgan fingerprint density at radius 2 is 2.08 bits per heavy atom. The van der Waals surface area contributed by atoms with Crippen molar-refractivity contribution in [3.63, 3.8) is 0 Å². The van der Waals surface area contributed by atoms with Crippen LogP contribution >= 0.6 is 11.8 Å². The Labute approximate surface area is 149 Å². The van der Waals surface area contributed by atoms with Crippen LogP contribution in [-0.4, -0.2) is 32.6 Å². The zero-order chi connectivity index (χ0) is 18.1. The summed E-state index contributed by atoms with van der Waals surface area (Å²) < 4.78 is 1.74. The van der Waals surface area contributed by atoms with Gasteiger partial charge in [0, 0.05) is 22.7 Å². The van der Waals surface area contributed by atoms with Crippen molar-refractivity contribution < 1.29 is 14.4 Å². The molecule has 1 atom stereocenters. The molecule has 0 spiro atoms. The topological polar surface area (TPSA) is 85.4 Å². The van der Waals surface area contributed by atoms with Gasteiger partial charge < -0.3 is 10.3 Å². The zero-order valence-corrected chi connectivity index (χ0v) is 14.5. The van der Waals surface area contributed by atoms with Gasteiger partial charge in [0.25, 0.3) is 11.1 Å². The Morgan fingerprint density at radius 3 is 2.76 bits per heavy atom. The Bertz CT molecular complexity index is 929. The number of amides is 3. The Balaban J connectivity index is 2.04. The third kappa shape index (κ3) is 3.10. The molecule has 7 heteroatoms. The molecule has 1 aliphatic heterocycles. The summed E-state index contributed by atoms with van der Waals surface area (Å²) >= 11 is 0.902. The molecule has 25 heavy (non-hydrogen) atoms. The first-order valence-corrected chi connectivity index (χ1v) is 8.50. The van der Waals surface area contributed by atoms with E-state index in [4.69, 9.17) is 5.73 Å². The molecule has 6 nitrogen and oxygen atoms in total. The monoisotopic (exact) mass is 355 g/mol. The van der Waals surface area contributed by atoms with Crippen LogP contribution < -0.4 is 5.73 Å². The van der Waals surface area contributed by atoms with Gasteiger partial charge in [-0.25, -0.2) is 0 Å². The van der Waals surface area contributed by atoms with Gasteiger partial charge in [0.05, 0.1) is 10.9 Å². The molecular weight excluding hydrogens is 338 g/mol. The van der Waals surface area contributed by atoms with Crippen molar-refractivity contribution in [3.05, 3.63) is 53.6 Å². The van der Waals surface area contributed by atoms with Crippen molar-refractivity contribution in [1.29, 1.82) is 0 Å². The van der Waals surface area contributed by atoms with E-state index >= 15 is 0 Å². The fourth-order valence-corrected chi connectivity index (χ4v) is 3.67. The number of carbonyl (C=O) groups excluding carboxylic acids is 3. The van der Waals surface area contributed by atoms with Crippen molar-refractivity contribution in [2.24, 2.45) is 5.73 Å². The lowest BCUT2D eigenvalue weighted by atomic mass is 10.1. The second kappa shape index (κ2) is 6.60. The van der Waals surface area contributed by atoms with Crippen LogP contribution in [0.5, 0.6) is 0 Å². The molecule has 128 valence electrons. The predicted molar refractivity (Wildman–Crippen MR) is 98.6 cm³/mol. The average Bonchev–Trinajstić information content (AvgIpc) is 3.05. The van der Waals surface area contributed by atoms with Gasteiger partial charge >= 0.3 is 0 Å². The summed E-state index contributed by atoms with van der Waals surface area (Å²) in [6.45, 7) is 5.42. The van der Waals surface area contributed by atoms with Crippen LogP contribution in [0.2, 0.25) is 0 Å². The standard InChI is InChI=1S/C18H17N3O3S/c1-3-11(2)21-17(23)15(25-18(21)24)8-12-9-20(10-16(19)22)14-7-5-4-6-13(12)14/h3-9,11H,1,10H2,2H3,(H2,19,22). The first-order chi connectivity index (χ1) is 11.9. The van der Waals surface area contributed by atoms with E-state index in [1.54, 1.807) is 29.8 Å². The van der Waals surface area contributed by atoms with Gasteiger partial charge in [0.1, 0.15) is 6.54 Å². The van der Waals surface area contributed by atoms with Crippen molar-refractivity contribution in [2.75, 3.05) is 0 Å². The van der Waals surface area contributed by atoms with E-state index in [2.05, 4.69) is 6.58 Å². The maximum atomic E-state index is 12.5. The van der Waals surface area contributed by atoms with E-state index in [0.29, 0.717) is 4.91 Å². The van der Waals surface area contributed by atoms with Gasteiger partial charge in [0.2, 0.25) is 5.91 Å². The molecular formula is C18H17N3O3S. The van der Waals surface area contributed by atoms with E-state index in [0.717, 1.165) is 28.2 Å². The number of primary amides is 1. The summed E-state index contributed by atoms with van der Waals surface area (Å²) in [7, 11) is 0. The van der Waals surface area contributed by atoms with Crippen LogP contribution in [0.15, 0.2) is 48.0 Å². The lowest BCUT2D eigenvalue weighted by molar-refractivity contribution is -0.123. The number of benzene rings is 1. The second-order valence-corrected chi connectivity index (χ2v) is 6.72. The number of imide groups is 1. The van der Waals surface area contributed by atoms with E-state index in [-0.39, 0.29) is 23.7 Å². The number of rotatable bonds is 5. The number of hydrogen-bond acceptors (Lipinski definition) is 4. The highest BCUT2D eigenvalue weighted by molar-refractivity contribution is 8.18. The van der Waals surface area contributed by atoms with Gasteiger partial charge in [0.15, 0.2) is 0 Å². The van der Waals surface area contributed by atoms with Crippen LogP contribution in [0, 0.1) is 0 Å². The number of para-hydroxylation sites is 1. The number of carbonyl (C=O) groups is 3. The van der Waals surface area contributed by atoms with Gasteiger partial charge in [-0.05, 0) is 30.8 Å². The van der Waals surface area contributed by atoms with Crippen molar-refractivity contribution in [2.45, 2.75) is 19.5 Å². The molecule has 2 heterocycles. The van der Waals surface area contributed by atoms with Crippen LogP contribution in [0.25, 0.3) is 17.0 Å². The number of hydrogen-bond donors (Lipinski definition) is 1. The summed E-state index contributed by atoms with van der Waals surface area (Å²) in [5.41, 5.74) is 6.90. The number of fused-ring (bicyclic) bond motifs is 1. The Hall–Kier alpha value is -2.80. The first kappa shape index (κ1) is 17.0. The van der Waals surface area contributed by atoms with Gasteiger partial charge in [-0.15, -0.1) is 6.58 Å². The molecule has 3 amide bonds. The van der Waals surface area contributed by atoms with Crippen LogP contribution in [0.3, 0.4) is 0 Å². The molecule has 2 N–H and O–H groups in total. The number of nitrogens with two attached hydrogens (primary N) is 1. The highest BCUT2D eigenvalue weighted by Gasteiger charge is 2.37. The first-order valence-electron chi connectivity index (χ1n) is 7.68. The minimum absolute atomic E-state index is 0.0450. The molecule has 3 rings (SSSR count). The van der Waals surface area contributed by atoms with E-state index in [9.17, 15) is 14.4 Å². The van der Waals surface area contributed by atoms with E-state index < -0.39 is 5.91 Å². The number of aromatic nitrogens is 1. The second-order valence-electron chi connectivity index (χ2n) is 5.72. The Morgan fingerprint density at radius 1 is 1.36 bits per heavy atom. The summed E-state index contributed by atoms with van der Waals surface area (Å²) in [4.78, 5) is 37.5. The summed E-state index contributed by atoms with van der Waals surface area (Å²) in [6.07, 6.45) is 5.00. The summed E-state index contributed by atoms with van der Waals surface area (Å²) in [5, 5.41) is 0.567. The van der Waals surface area contributed by atoms with Crippen molar-refractivity contribution in [1.82, 2.24) is 9.47 Å². The maximum absolute atomic E-state index is 12.5. The fourth-order valence-electron chi connectivity index (χ4n) is 2.77. The smallest absolute Gasteiger partial charge is 0.294 e. The average molecular weight is 355 g/mol. The molecule has 2 aromatic rings. The van der Waals surface area contributed by atoms with Crippen LogP contribution in [0.4, 0.5) is 4.79 Å². The van der Waals surface area contributed by atoms with Crippen molar-refractivity contribution in [3.8, 4) is 0 Å². The summed E-state index contributed by atoms with van der Waals surface area (Å²) in [5.74, 6) is -0.790. The molecule has 1 aromatic carbocycles. The van der Waals surface area contributed by atoms with Crippen molar-refractivity contribution >= 4 is 45.8 Å². The molecule has 1 unspecified atom stereocenters. The lowest BCUT2D eigenvalue weighted by Crippen LogP contribution is -2.35. The molecule has 1 fully saturated rings. The quantitative estimate of drug-likeness (QED) is 0.660. The fraction of sp³-hybridized carbons (Fsp3) is 0.167. The van der Waals surface area contributed by atoms with Gasteiger partial charge in [-0.1, -0.05) is 24.3 Å². The highest BCUT2D eigenvalue weighted by Crippen LogP contribution is 2.35. The molecule has 0 saturated carbocycles. The highest BCUT2D eigenvalue weighted by atomic mass is 32.2. The maximum Gasteiger partial charge on any atom is 0.294 e. The molecule has 1 aromatic heterocycles. The SMILES string of the molecule is C=CC(C)N1C(=O)SC(=Cc2cn(CC(N)=O)c3ccccc23)C1=O. The lowest BCUT2D eigenvalue weighted by Gasteiger charge is -2.17. The third-order valence-corrected chi connectivity index (χ3v) is 4.89. The van der Waals surface area contributed by atoms with Crippen LogP contribution in [0.1, 0.15) is 12.5 Å². The predicted octanol–water partition coefficient (Wildman–Crippen LogP) is 2.74. The number of nitrogens with zero attached hydrogens (tertiary/aromatic N) is 2. The molecule has 0 bridgehead atoms. The van der Waals surface area contributed by atoms with E-state index in [1.807, 2.05) is 24.3 Å². The third-order valence-electron chi connectivity index (χ3n) is 4.00. The number of thioether (sulfide) groups is 1. The minimum Gasteiger partial charge on any atom is -0.368 e. The molecule has 0 radical (unpaired) electrons. The van der Waals surface area contributed by atoms with E-state index in [1.165, 1.54) is 4.90 Å². The minimum atomic E-state index is -0.451. The molecule has 0 aliphatic carbocycles. The Kier molecular flexibility index (Phi) is 4.50. The molecule has 1 saturated heterocycles. The zero-order valence-electron chi connectivity index (χ0n) is 13.6. The van der Waals surface area contributed by atoms with Gasteiger partial charge in [-0.3, -0.25) is 19.3 Å².